The topological polar surface area (TPSA) is 52.6 Å². The molecule has 0 rings (SSSR count). The van der Waals surface area contributed by atoms with E-state index in [1.807, 2.05) is 27.7 Å². The van der Waals surface area contributed by atoms with Crippen molar-refractivity contribution in [3.05, 3.63) is 0 Å². The van der Waals surface area contributed by atoms with E-state index in [2.05, 4.69) is 4.74 Å². The highest BCUT2D eigenvalue weighted by molar-refractivity contribution is 5.83. The van der Waals surface area contributed by atoms with Crippen molar-refractivity contribution in [1.29, 1.82) is 0 Å². The van der Waals surface area contributed by atoms with Gasteiger partial charge in [0.15, 0.2) is 12.4 Å². The van der Waals surface area contributed by atoms with Crippen LogP contribution in [0.5, 0.6) is 0 Å². The Labute approximate surface area is 150 Å². The van der Waals surface area contributed by atoms with Gasteiger partial charge in [0.05, 0.1) is 5.92 Å². The van der Waals surface area contributed by atoms with E-state index in [-0.39, 0.29) is 17.8 Å². The van der Waals surface area contributed by atoms with E-state index in [0.717, 1.165) is 0 Å². The summed E-state index contributed by atoms with van der Waals surface area (Å²) < 4.78 is 71.6. The van der Waals surface area contributed by atoms with E-state index in [4.69, 9.17) is 4.74 Å². The van der Waals surface area contributed by atoms with Gasteiger partial charge in [0.1, 0.15) is 13.2 Å². The molecular weight excluding hydrogens is 363 g/mol. The minimum atomic E-state index is -4.68. The van der Waals surface area contributed by atoms with Gasteiger partial charge in [0, 0.05) is 12.8 Å². The number of hydrogen-bond donors (Lipinski definition) is 0. The molecule has 0 radical (unpaired) electrons. The molecule has 9 heteroatoms. The molecule has 26 heavy (non-hydrogen) atoms. The van der Waals surface area contributed by atoms with Gasteiger partial charge in [-0.15, -0.1) is 0 Å². The average Bonchev–Trinajstić information content (AvgIpc) is 2.47. The fourth-order valence-electron chi connectivity index (χ4n) is 2.16. The van der Waals surface area contributed by atoms with Gasteiger partial charge in [0.2, 0.25) is 0 Å². The highest BCUT2D eigenvalue weighted by atomic mass is 19.4. The molecule has 0 amide bonds. The fourth-order valence-corrected chi connectivity index (χ4v) is 2.16. The quantitative estimate of drug-likeness (QED) is 0.366. The molecule has 1 atom stereocenters. The van der Waals surface area contributed by atoms with Crippen LogP contribution in [0.15, 0.2) is 0 Å². The van der Waals surface area contributed by atoms with Gasteiger partial charge in [-0.1, -0.05) is 27.7 Å². The highest BCUT2D eigenvalue weighted by Gasteiger charge is 2.37. The maximum atomic E-state index is 13.2. The summed E-state index contributed by atoms with van der Waals surface area (Å²) in [4.78, 5) is 23.5. The molecule has 0 aliphatic heterocycles. The first-order valence-electron chi connectivity index (χ1n) is 8.44. The first kappa shape index (κ1) is 24.8. The van der Waals surface area contributed by atoms with Gasteiger partial charge in [-0.25, -0.2) is 8.78 Å². The smallest absolute Gasteiger partial charge is 0.389 e. The van der Waals surface area contributed by atoms with Crippen molar-refractivity contribution in [2.45, 2.75) is 59.1 Å². The number of halogens is 5. The van der Waals surface area contributed by atoms with Crippen LogP contribution in [0.1, 0.15) is 47.0 Å². The summed E-state index contributed by atoms with van der Waals surface area (Å²) in [6.45, 7) is 4.91. The lowest BCUT2D eigenvalue weighted by Gasteiger charge is -2.21. The number of carbonyl (C=O) groups excluding carboxylic acids is 2. The Balaban J connectivity index is 4.21. The van der Waals surface area contributed by atoms with Gasteiger partial charge in [-0.3, -0.25) is 9.59 Å². The number of Topliss-reactive ketones (excluding diaryl/α,β-unsaturated/α-hetero) is 1. The van der Waals surface area contributed by atoms with Crippen LogP contribution in [0.25, 0.3) is 0 Å². The van der Waals surface area contributed by atoms with Crippen LogP contribution in [-0.4, -0.2) is 43.7 Å². The molecule has 154 valence electrons. The van der Waals surface area contributed by atoms with Crippen LogP contribution in [0, 0.1) is 17.8 Å². The standard InChI is InChI=1S/C17H27F5O4/c1-11(2)7-14(12(3)4)15(24)26-9-13(23)8-25-10-16(18,19)5-6-17(20,21)22/h11-12,14H,5-10H2,1-4H3. The minimum absolute atomic E-state index is 0.0172. The first-order chi connectivity index (χ1) is 11.7. The normalized spacial score (nSPS) is 14.0. The summed E-state index contributed by atoms with van der Waals surface area (Å²) in [5.74, 6) is -5.08. The van der Waals surface area contributed by atoms with Gasteiger partial charge in [-0.05, 0) is 18.3 Å². The second kappa shape index (κ2) is 10.8. The van der Waals surface area contributed by atoms with Crippen LogP contribution in [0.2, 0.25) is 0 Å². The molecule has 0 aliphatic carbocycles. The van der Waals surface area contributed by atoms with E-state index in [0.29, 0.717) is 6.42 Å². The van der Waals surface area contributed by atoms with E-state index in [9.17, 15) is 31.5 Å². The Morgan fingerprint density at radius 2 is 1.50 bits per heavy atom. The molecule has 0 spiro atoms. The van der Waals surface area contributed by atoms with Crippen molar-refractivity contribution in [3.8, 4) is 0 Å². The summed E-state index contributed by atoms with van der Waals surface area (Å²) in [6, 6.07) is 0. The summed E-state index contributed by atoms with van der Waals surface area (Å²) in [7, 11) is 0. The van der Waals surface area contributed by atoms with E-state index in [1.165, 1.54) is 0 Å². The number of rotatable bonds is 12. The van der Waals surface area contributed by atoms with E-state index < -0.39 is 56.5 Å². The molecule has 0 saturated heterocycles. The molecule has 0 N–H and O–H groups in total. The predicted octanol–water partition coefficient (Wildman–Crippen LogP) is 4.41. The van der Waals surface area contributed by atoms with Gasteiger partial charge in [-0.2, -0.15) is 13.2 Å². The lowest BCUT2D eigenvalue weighted by molar-refractivity contribution is -0.163. The van der Waals surface area contributed by atoms with Crippen molar-refractivity contribution < 1.29 is 41.0 Å². The van der Waals surface area contributed by atoms with Crippen LogP contribution in [0.4, 0.5) is 22.0 Å². The minimum Gasteiger partial charge on any atom is -0.457 e. The third-order valence-electron chi connectivity index (χ3n) is 3.56. The van der Waals surface area contributed by atoms with Crippen molar-refractivity contribution >= 4 is 11.8 Å². The van der Waals surface area contributed by atoms with E-state index >= 15 is 0 Å². The zero-order valence-electron chi connectivity index (χ0n) is 15.5. The average molecular weight is 390 g/mol. The molecule has 0 fully saturated rings. The van der Waals surface area contributed by atoms with E-state index in [1.54, 1.807) is 0 Å². The molecular formula is C17H27F5O4. The Morgan fingerprint density at radius 1 is 0.923 bits per heavy atom. The van der Waals surface area contributed by atoms with Gasteiger partial charge < -0.3 is 9.47 Å². The van der Waals surface area contributed by atoms with Crippen LogP contribution < -0.4 is 0 Å². The van der Waals surface area contributed by atoms with Crippen molar-refractivity contribution in [1.82, 2.24) is 0 Å². The van der Waals surface area contributed by atoms with Gasteiger partial charge >= 0.3 is 12.1 Å². The van der Waals surface area contributed by atoms with Crippen molar-refractivity contribution in [2.75, 3.05) is 19.8 Å². The lowest BCUT2D eigenvalue weighted by Crippen LogP contribution is -2.30. The summed E-state index contributed by atoms with van der Waals surface area (Å²) in [5, 5.41) is 0. The molecule has 0 heterocycles. The summed E-state index contributed by atoms with van der Waals surface area (Å²) in [5.41, 5.74) is 0. The number of carbonyl (C=O) groups is 2. The zero-order valence-corrected chi connectivity index (χ0v) is 15.5. The Morgan fingerprint density at radius 3 is 1.96 bits per heavy atom. The Hall–Kier alpha value is -1.25. The predicted molar refractivity (Wildman–Crippen MR) is 84.8 cm³/mol. The second-order valence-corrected chi connectivity index (χ2v) is 7.09. The summed E-state index contributed by atoms with van der Waals surface area (Å²) >= 11 is 0. The molecule has 0 aliphatic rings. The number of ether oxygens (including phenoxy) is 2. The number of alkyl halides is 5. The monoisotopic (exact) mass is 390 g/mol. The highest BCUT2D eigenvalue weighted by Crippen LogP contribution is 2.29. The molecule has 0 aromatic heterocycles. The summed E-state index contributed by atoms with van der Waals surface area (Å²) in [6.07, 6.45) is -7.14. The maximum absolute atomic E-state index is 13.2. The van der Waals surface area contributed by atoms with Crippen LogP contribution in [0.3, 0.4) is 0 Å². The molecule has 0 bridgehead atoms. The zero-order chi connectivity index (χ0) is 20.5. The molecule has 1 unspecified atom stereocenters. The SMILES string of the molecule is CC(C)CC(C(=O)OCC(=O)COCC(F)(F)CCC(F)(F)F)C(C)C. The Kier molecular flexibility index (Phi) is 10.3. The largest absolute Gasteiger partial charge is 0.457 e. The molecule has 4 nitrogen and oxygen atoms in total. The second-order valence-electron chi connectivity index (χ2n) is 7.09. The first-order valence-corrected chi connectivity index (χ1v) is 8.44. The Bertz CT molecular complexity index is 447. The number of esters is 1. The lowest BCUT2D eigenvalue weighted by atomic mass is 9.88. The van der Waals surface area contributed by atoms with Gasteiger partial charge in [0.25, 0.3) is 5.92 Å². The fraction of sp³-hybridized carbons (Fsp3) is 0.882. The van der Waals surface area contributed by atoms with Crippen molar-refractivity contribution in [2.24, 2.45) is 17.8 Å². The molecule has 0 saturated carbocycles. The molecule has 0 aromatic rings. The number of ketones is 1. The third-order valence-corrected chi connectivity index (χ3v) is 3.56. The van der Waals surface area contributed by atoms with Crippen LogP contribution >= 0.6 is 0 Å². The van der Waals surface area contributed by atoms with Crippen molar-refractivity contribution in [3.63, 3.8) is 0 Å². The maximum Gasteiger partial charge on any atom is 0.389 e. The van der Waals surface area contributed by atoms with Crippen LogP contribution in [-0.2, 0) is 19.1 Å². The molecule has 0 aromatic carbocycles. The third kappa shape index (κ3) is 12.2. The number of hydrogen-bond acceptors (Lipinski definition) is 4.